The summed E-state index contributed by atoms with van der Waals surface area (Å²) in [6.45, 7) is 3.58. The molecule has 0 aliphatic carbocycles. The Kier molecular flexibility index (Phi) is 6.11. The number of fused-ring (bicyclic) bond motifs is 1. The van der Waals surface area contributed by atoms with E-state index < -0.39 is 0 Å². The molecule has 0 radical (unpaired) electrons. The van der Waals surface area contributed by atoms with E-state index in [1.54, 1.807) is 0 Å². The summed E-state index contributed by atoms with van der Waals surface area (Å²) in [7, 11) is 6.36. The normalized spacial score (nSPS) is 20.1. The van der Waals surface area contributed by atoms with Gasteiger partial charge in [-0.25, -0.2) is 4.98 Å². The molecule has 5 rings (SSSR count). The molecule has 33 heavy (non-hydrogen) atoms. The van der Waals surface area contributed by atoms with E-state index in [1.807, 2.05) is 6.07 Å². The molecule has 0 saturated carbocycles. The fraction of sp³-hybridized carbons (Fsp3) is 0.481. The lowest BCUT2D eigenvalue weighted by atomic mass is 9.94. The Morgan fingerprint density at radius 2 is 1.79 bits per heavy atom. The highest BCUT2D eigenvalue weighted by Gasteiger charge is 2.32. The number of anilines is 1. The number of aromatic nitrogens is 2. The van der Waals surface area contributed by atoms with Crippen molar-refractivity contribution in [3.63, 3.8) is 0 Å². The van der Waals surface area contributed by atoms with Crippen LogP contribution in [-0.4, -0.2) is 71.6 Å². The molecule has 0 spiro atoms. The van der Waals surface area contributed by atoms with Crippen LogP contribution in [0.5, 0.6) is 0 Å². The molecule has 0 N–H and O–H groups in total. The zero-order valence-electron chi connectivity index (χ0n) is 20.1. The molecule has 1 atom stereocenters. The van der Waals surface area contributed by atoms with Gasteiger partial charge in [-0.1, -0.05) is 24.3 Å². The number of imidazole rings is 1. The van der Waals surface area contributed by atoms with E-state index in [2.05, 4.69) is 82.9 Å². The van der Waals surface area contributed by atoms with Gasteiger partial charge < -0.3 is 19.3 Å². The van der Waals surface area contributed by atoms with Crippen molar-refractivity contribution in [1.29, 1.82) is 0 Å². The first kappa shape index (κ1) is 22.0. The maximum absolute atomic E-state index is 13.3. The van der Waals surface area contributed by atoms with Gasteiger partial charge in [-0.05, 0) is 64.0 Å². The topological polar surface area (TPSA) is 44.6 Å². The summed E-state index contributed by atoms with van der Waals surface area (Å²) in [5.41, 5.74) is 4.45. The lowest BCUT2D eigenvalue weighted by molar-refractivity contribution is -0.137. The average molecular weight is 446 g/mol. The van der Waals surface area contributed by atoms with Crippen molar-refractivity contribution in [3.8, 4) is 11.4 Å². The van der Waals surface area contributed by atoms with Crippen LogP contribution in [0.25, 0.3) is 22.4 Å². The fourth-order valence-electron chi connectivity index (χ4n) is 5.52. The van der Waals surface area contributed by atoms with Gasteiger partial charge in [0.25, 0.3) is 0 Å². The summed E-state index contributed by atoms with van der Waals surface area (Å²) < 4.78 is 2.16. The lowest BCUT2D eigenvalue weighted by Gasteiger charge is -2.39. The zero-order chi connectivity index (χ0) is 22.9. The van der Waals surface area contributed by atoms with E-state index in [4.69, 9.17) is 4.98 Å². The number of hydrogen-bond donors (Lipinski definition) is 0. The van der Waals surface area contributed by atoms with Crippen molar-refractivity contribution in [2.45, 2.75) is 31.7 Å². The second-order valence-electron chi connectivity index (χ2n) is 9.84. The summed E-state index contributed by atoms with van der Waals surface area (Å²) >= 11 is 0. The average Bonchev–Trinajstić information content (AvgIpc) is 3.20. The first-order valence-corrected chi connectivity index (χ1v) is 12.2. The zero-order valence-corrected chi connectivity index (χ0v) is 20.1. The molecule has 174 valence electrons. The monoisotopic (exact) mass is 445 g/mol. The Balaban J connectivity index is 1.31. The maximum atomic E-state index is 13.3. The smallest absolute Gasteiger partial charge is 0.227 e. The van der Waals surface area contributed by atoms with Crippen LogP contribution in [0.4, 0.5) is 5.69 Å². The third kappa shape index (κ3) is 4.36. The SMILES string of the molecule is CN(C)C1CCN(C(=O)C2CCCN(c3cccc(-c4nc5ccccc5n4C)c3)C2)CC1. The Morgan fingerprint density at radius 3 is 2.55 bits per heavy atom. The number of amides is 1. The minimum absolute atomic E-state index is 0.0917. The van der Waals surface area contributed by atoms with Crippen molar-refractivity contribution in [3.05, 3.63) is 48.5 Å². The van der Waals surface area contributed by atoms with Crippen molar-refractivity contribution < 1.29 is 4.79 Å². The van der Waals surface area contributed by atoms with Crippen molar-refractivity contribution >= 4 is 22.6 Å². The molecule has 3 heterocycles. The van der Waals surface area contributed by atoms with Gasteiger partial charge >= 0.3 is 0 Å². The van der Waals surface area contributed by atoms with Crippen molar-refractivity contribution in [2.24, 2.45) is 13.0 Å². The van der Waals surface area contributed by atoms with E-state index in [9.17, 15) is 4.79 Å². The van der Waals surface area contributed by atoms with Gasteiger partial charge in [-0.2, -0.15) is 0 Å². The molecule has 2 fully saturated rings. The summed E-state index contributed by atoms with van der Waals surface area (Å²) in [5, 5.41) is 0. The van der Waals surface area contributed by atoms with Crippen LogP contribution in [0.1, 0.15) is 25.7 Å². The molecule has 2 saturated heterocycles. The van der Waals surface area contributed by atoms with Gasteiger partial charge in [0.1, 0.15) is 5.82 Å². The van der Waals surface area contributed by atoms with Crippen LogP contribution in [0.3, 0.4) is 0 Å². The number of aryl methyl sites for hydroxylation is 1. The van der Waals surface area contributed by atoms with E-state index in [0.29, 0.717) is 11.9 Å². The Morgan fingerprint density at radius 1 is 1.00 bits per heavy atom. The van der Waals surface area contributed by atoms with Gasteiger partial charge in [0.05, 0.1) is 17.0 Å². The highest BCUT2D eigenvalue weighted by atomic mass is 16.2. The maximum Gasteiger partial charge on any atom is 0.227 e. The van der Waals surface area contributed by atoms with E-state index in [0.717, 1.165) is 74.3 Å². The van der Waals surface area contributed by atoms with Crippen LogP contribution in [-0.2, 0) is 11.8 Å². The van der Waals surface area contributed by atoms with Crippen molar-refractivity contribution in [2.75, 3.05) is 45.2 Å². The second-order valence-corrected chi connectivity index (χ2v) is 9.84. The second kappa shape index (κ2) is 9.18. The molecule has 1 aromatic heterocycles. The first-order chi connectivity index (χ1) is 16.0. The molecular formula is C27H35N5O. The van der Waals surface area contributed by atoms with Gasteiger partial charge in [0.2, 0.25) is 5.91 Å². The standard InChI is InChI=1S/C27H35N5O/c1-29(2)22-13-16-31(17-14-22)27(33)21-9-7-15-32(19-21)23-10-6-8-20(18-23)26-28-24-11-4-5-12-25(24)30(26)3/h4-6,8,10-12,18,21-22H,7,9,13-17,19H2,1-3H3. The summed E-state index contributed by atoms with van der Waals surface area (Å²) in [5.74, 6) is 1.42. The third-order valence-electron chi connectivity index (χ3n) is 7.53. The van der Waals surface area contributed by atoms with E-state index >= 15 is 0 Å². The van der Waals surface area contributed by atoms with Crippen LogP contribution in [0.15, 0.2) is 48.5 Å². The molecule has 3 aromatic rings. The van der Waals surface area contributed by atoms with E-state index in [1.165, 1.54) is 5.69 Å². The quantitative estimate of drug-likeness (QED) is 0.609. The number of piperidine rings is 2. The molecule has 2 aliphatic heterocycles. The number of carbonyl (C=O) groups is 1. The summed E-state index contributed by atoms with van der Waals surface area (Å²) in [4.78, 5) is 25.0. The number of hydrogen-bond acceptors (Lipinski definition) is 4. The predicted octanol–water partition coefficient (Wildman–Crippen LogP) is 4.01. The number of carbonyl (C=O) groups excluding carboxylic acids is 1. The third-order valence-corrected chi connectivity index (χ3v) is 7.53. The number of rotatable bonds is 4. The minimum Gasteiger partial charge on any atom is -0.371 e. The molecule has 2 aromatic carbocycles. The minimum atomic E-state index is 0.0917. The Hall–Kier alpha value is -2.86. The number of para-hydroxylation sites is 2. The Bertz CT molecular complexity index is 1130. The molecule has 6 nitrogen and oxygen atoms in total. The highest BCUT2D eigenvalue weighted by Crippen LogP contribution is 2.30. The molecular weight excluding hydrogens is 410 g/mol. The van der Waals surface area contributed by atoms with Gasteiger partial charge in [0, 0.05) is 50.5 Å². The molecule has 1 amide bonds. The number of likely N-dealkylation sites (tertiary alicyclic amines) is 1. The molecule has 0 bridgehead atoms. The van der Waals surface area contributed by atoms with Gasteiger partial charge in [0.15, 0.2) is 0 Å². The van der Waals surface area contributed by atoms with Crippen LogP contribution >= 0.6 is 0 Å². The lowest BCUT2D eigenvalue weighted by Crippen LogP contribution is -2.49. The molecule has 6 heteroatoms. The van der Waals surface area contributed by atoms with Crippen LogP contribution < -0.4 is 4.90 Å². The van der Waals surface area contributed by atoms with Crippen LogP contribution in [0.2, 0.25) is 0 Å². The number of benzene rings is 2. The number of nitrogens with zero attached hydrogens (tertiary/aromatic N) is 5. The molecule has 2 aliphatic rings. The summed E-state index contributed by atoms with van der Waals surface area (Å²) in [6, 6.07) is 17.5. The predicted molar refractivity (Wildman–Crippen MR) is 134 cm³/mol. The van der Waals surface area contributed by atoms with E-state index in [-0.39, 0.29) is 5.92 Å². The first-order valence-electron chi connectivity index (χ1n) is 12.2. The van der Waals surface area contributed by atoms with Crippen molar-refractivity contribution in [1.82, 2.24) is 19.4 Å². The summed E-state index contributed by atoms with van der Waals surface area (Å²) in [6.07, 6.45) is 4.21. The van der Waals surface area contributed by atoms with Crippen LogP contribution in [0, 0.1) is 5.92 Å². The largest absolute Gasteiger partial charge is 0.371 e. The highest BCUT2D eigenvalue weighted by molar-refractivity contribution is 5.82. The van der Waals surface area contributed by atoms with Gasteiger partial charge in [-0.15, -0.1) is 0 Å². The van der Waals surface area contributed by atoms with Gasteiger partial charge in [-0.3, -0.25) is 4.79 Å². The Labute approximate surface area is 196 Å². The fourth-order valence-corrected chi connectivity index (χ4v) is 5.52. The molecule has 1 unspecified atom stereocenters.